The number of amides is 1. The molecule has 0 saturated carbocycles. The van der Waals surface area contributed by atoms with Crippen molar-refractivity contribution in [2.75, 3.05) is 31.1 Å². The van der Waals surface area contributed by atoms with Gasteiger partial charge < -0.3 is 9.80 Å². The molecule has 1 amide bonds. The van der Waals surface area contributed by atoms with E-state index in [-0.39, 0.29) is 11.8 Å². The van der Waals surface area contributed by atoms with Crippen LogP contribution in [0.25, 0.3) is 0 Å². The Labute approximate surface area is 127 Å². The normalized spacial score (nSPS) is 16.1. The van der Waals surface area contributed by atoms with Crippen LogP contribution in [-0.4, -0.2) is 37.0 Å². The summed E-state index contributed by atoms with van der Waals surface area (Å²) in [7, 11) is 0. The molecule has 0 aliphatic carbocycles. The van der Waals surface area contributed by atoms with Crippen LogP contribution in [0, 0.1) is 5.92 Å². The van der Waals surface area contributed by atoms with E-state index in [9.17, 15) is 4.79 Å². The van der Waals surface area contributed by atoms with Gasteiger partial charge in [0.05, 0.1) is 10.7 Å². The van der Waals surface area contributed by atoms with Crippen molar-refractivity contribution in [3.63, 3.8) is 0 Å². The predicted octanol–water partition coefficient (Wildman–Crippen LogP) is 3.41. The molecule has 1 aromatic rings. The fourth-order valence-electron chi connectivity index (χ4n) is 2.27. The molecule has 1 aliphatic rings. The van der Waals surface area contributed by atoms with Gasteiger partial charge in [-0.2, -0.15) is 0 Å². The van der Waals surface area contributed by atoms with E-state index in [1.54, 1.807) is 0 Å². The van der Waals surface area contributed by atoms with Gasteiger partial charge in [0.15, 0.2) is 0 Å². The van der Waals surface area contributed by atoms with Crippen molar-refractivity contribution in [1.82, 2.24) is 4.90 Å². The molecule has 1 fully saturated rings. The van der Waals surface area contributed by atoms with Crippen LogP contribution in [0.5, 0.6) is 0 Å². The van der Waals surface area contributed by atoms with E-state index in [0.717, 1.165) is 41.4 Å². The van der Waals surface area contributed by atoms with Crippen LogP contribution in [0.4, 0.5) is 5.69 Å². The number of nitrogens with zero attached hydrogens (tertiary/aromatic N) is 2. The van der Waals surface area contributed by atoms with Crippen LogP contribution < -0.4 is 4.90 Å². The summed E-state index contributed by atoms with van der Waals surface area (Å²) in [5.74, 6) is 0.310. The monoisotopic (exact) mass is 344 g/mol. The highest BCUT2D eigenvalue weighted by Crippen LogP contribution is 2.29. The molecule has 1 aliphatic heterocycles. The highest BCUT2D eigenvalue weighted by molar-refractivity contribution is 9.10. The van der Waals surface area contributed by atoms with Crippen molar-refractivity contribution in [2.24, 2.45) is 5.92 Å². The minimum absolute atomic E-state index is 0.0721. The van der Waals surface area contributed by atoms with Gasteiger partial charge in [-0.05, 0) is 18.2 Å². The second kappa shape index (κ2) is 6.14. The van der Waals surface area contributed by atoms with Crippen molar-refractivity contribution in [3.05, 3.63) is 27.7 Å². The van der Waals surface area contributed by atoms with Crippen LogP contribution in [0.3, 0.4) is 0 Å². The molecule has 1 heterocycles. The van der Waals surface area contributed by atoms with E-state index in [4.69, 9.17) is 11.6 Å². The van der Waals surface area contributed by atoms with E-state index < -0.39 is 0 Å². The molecule has 0 radical (unpaired) electrons. The van der Waals surface area contributed by atoms with Crippen LogP contribution in [0.15, 0.2) is 22.7 Å². The summed E-state index contributed by atoms with van der Waals surface area (Å²) in [6, 6.07) is 5.92. The minimum atomic E-state index is 0.0721. The van der Waals surface area contributed by atoms with Crippen LogP contribution in [0.1, 0.15) is 13.8 Å². The Morgan fingerprint density at radius 1 is 1.26 bits per heavy atom. The first-order valence-electron chi connectivity index (χ1n) is 6.48. The molecule has 3 nitrogen and oxygen atoms in total. The molecular weight excluding hydrogens is 328 g/mol. The van der Waals surface area contributed by atoms with Crippen LogP contribution in [0.2, 0.25) is 5.02 Å². The predicted molar refractivity (Wildman–Crippen MR) is 82.8 cm³/mol. The summed E-state index contributed by atoms with van der Waals surface area (Å²) >= 11 is 9.67. The van der Waals surface area contributed by atoms with Crippen molar-refractivity contribution >= 4 is 39.1 Å². The summed E-state index contributed by atoms with van der Waals surface area (Å²) in [4.78, 5) is 16.1. The van der Waals surface area contributed by atoms with Gasteiger partial charge in [-0.1, -0.05) is 41.4 Å². The van der Waals surface area contributed by atoms with Gasteiger partial charge >= 0.3 is 0 Å². The second-order valence-corrected chi connectivity index (χ2v) is 6.39. The van der Waals surface area contributed by atoms with E-state index >= 15 is 0 Å². The van der Waals surface area contributed by atoms with Gasteiger partial charge in [-0.3, -0.25) is 4.79 Å². The Bertz CT molecular complexity index is 471. The number of benzene rings is 1. The number of rotatable bonds is 2. The largest absolute Gasteiger partial charge is 0.367 e. The Morgan fingerprint density at radius 2 is 1.89 bits per heavy atom. The van der Waals surface area contributed by atoms with Gasteiger partial charge in [-0.25, -0.2) is 0 Å². The molecule has 5 heteroatoms. The molecule has 0 spiro atoms. The Balaban J connectivity index is 2.02. The number of carbonyl (C=O) groups excluding carboxylic acids is 1. The number of anilines is 1. The highest BCUT2D eigenvalue weighted by Gasteiger charge is 2.23. The molecule has 2 rings (SSSR count). The summed E-state index contributed by atoms with van der Waals surface area (Å²) in [5.41, 5.74) is 1.04. The van der Waals surface area contributed by atoms with Gasteiger partial charge in [0.25, 0.3) is 0 Å². The molecule has 104 valence electrons. The Kier molecular flexibility index (Phi) is 4.74. The second-order valence-electron chi connectivity index (χ2n) is 5.06. The van der Waals surface area contributed by atoms with Crippen molar-refractivity contribution in [3.8, 4) is 0 Å². The quantitative estimate of drug-likeness (QED) is 0.820. The lowest BCUT2D eigenvalue weighted by molar-refractivity contribution is -0.134. The number of carbonyl (C=O) groups is 1. The molecule has 0 N–H and O–H groups in total. The van der Waals surface area contributed by atoms with Crippen LogP contribution >= 0.6 is 27.5 Å². The van der Waals surface area contributed by atoms with E-state index in [1.807, 2.05) is 36.9 Å². The highest BCUT2D eigenvalue weighted by atomic mass is 79.9. The van der Waals surface area contributed by atoms with E-state index in [2.05, 4.69) is 20.8 Å². The molecular formula is C14H18BrClN2O. The van der Waals surface area contributed by atoms with Crippen LogP contribution in [-0.2, 0) is 4.79 Å². The number of hydrogen-bond acceptors (Lipinski definition) is 2. The van der Waals surface area contributed by atoms with E-state index in [1.165, 1.54) is 0 Å². The number of halogens is 2. The van der Waals surface area contributed by atoms with Crippen molar-refractivity contribution in [2.45, 2.75) is 13.8 Å². The average Bonchev–Trinajstić information content (AvgIpc) is 2.38. The number of hydrogen-bond donors (Lipinski definition) is 0. The average molecular weight is 346 g/mol. The minimum Gasteiger partial charge on any atom is -0.367 e. The molecule has 0 bridgehead atoms. The fourth-order valence-corrected chi connectivity index (χ4v) is 3.06. The maximum absolute atomic E-state index is 11.9. The summed E-state index contributed by atoms with van der Waals surface area (Å²) in [5, 5.41) is 0.748. The van der Waals surface area contributed by atoms with Crippen molar-refractivity contribution in [1.29, 1.82) is 0 Å². The van der Waals surface area contributed by atoms with Gasteiger partial charge in [0.2, 0.25) is 5.91 Å². The van der Waals surface area contributed by atoms with Gasteiger partial charge in [0, 0.05) is 36.6 Å². The first-order chi connectivity index (χ1) is 8.99. The summed E-state index contributed by atoms with van der Waals surface area (Å²) < 4.78 is 0.981. The molecule has 0 atom stereocenters. The lowest BCUT2D eigenvalue weighted by atomic mass is 10.1. The van der Waals surface area contributed by atoms with Gasteiger partial charge in [0.1, 0.15) is 0 Å². The molecule has 19 heavy (non-hydrogen) atoms. The zero-order chi connectivity index (χ0) is 14.0. The lowest BCUT2D eigenvalue weighted by Crippen LogP contribution is -2.50. The summed E-state index contributed by atoms with van der Waals surface area (Å²) in [6.45, 7) is 7.09. The Morgan fingerprint density at radius 3 is 2.42 bits per heavy atom. The third-order valence-electron chi connectivity index (χ3n) is 3.34. The summed E-state index contributed by atoms with van der Waals surface area (Å²) in [6.07, 6.45) is 0. The van der Waals surface area contributed by atoms with E-state index in [0.29, 0.717) is 0 Å². The maximum Gasteiger partial charge on any atom is 0.225 e. The molecule has 0 unspecified atom stereocenters. The first-order valence-corrected chi connectivity index (χ1v) is 7.65. The van der Waals surface area contributed by atoms with Gasteiger partial charge in [-0.15, -0.1) is 0 Å². The first kappa shape index (κ1) is 14.7. The standard InChI is InChI=1S/C14H18BrClN2O/c1-10(2)14(19)18-7-5-17(6-8-18)13-4-3-11(15)9-12(13)16/h3-4,9-10H,5-8H2,1-2H3. The zero-order valence-electron chi connectivity index (χ0n) is 11.2. The Hall–Kier alpha value is -0.740. The number of piperazine rings is 1. The smallest absolute Gasteiger partial charge is 0.225 e. The molecule has 0 aromatic heterocycles. The zero-order valence-corrected chi connectivity index (χ0v) is 13.5. The SMILES string of the molecule is CC(C)C(=O)N1CCN(c2ccc(Br)cc2Cl)CC1. The lowest BCUT2D eigenvalue weighted by Gasteiger charge is -2.37. The molecule has 1 saturated heterocycles. The van der Waals surface area contributed by atoms with Crippen molar-refractivity contribution < 1.29 is 4.79 Å². The maximum atomic E-state index is 11.9. The fraction of sp³-hybridized carbons (Fsp3) is 0.500. The topological polar surface area (TPSA) is 23.6 Å². The third-order valence-corrected chi connectivity index (χ3v) is 4.13. The molecule has 1 aromatic carbocycles. The third kappa shape index (κ3) is 3.42.